The van der Waals surface area contributed by atoms with Crippen molar-refractivity contribution in [2.45, 2.75) is 43.6 Å². The summed E-state index contributed by atoms with van der Waals surface area (Å²) in [4.78, 5) is 18.2. The predicted molar refractivity (Wildman–Crippen MR) is 90.1 cm³/mol. The lowest BCUT2D eigenvalue weighted by Crippen LogP contribution is -2.43. The molecule has 3 heteroatoms. The molecule has 3 atom stereocenters. The normalized spacial score (nSPS) is 35.0. The van der Waals surface area contributed by atoms with Crippen molar-refractivity contribution in [1.29, 1.82) is 0 Å². The Balaban J connectivity index is 1.34. The van der Waals surface area contributed by atoms with Gasteiger partial charge >= 0.3 is 0 Å². The van der Waals surface area contributed by atoms with Gasteiger partial charge in [0.15, 0.2) is 0 Å². The highest BCUT2D eigenvalue weighted by Gasteiger charge is 2.56. The van der Waals surface area contributed by atoms with Crippen LogP contribution in [0.25, 0.3) is 0 Å². The van der Waals surface area contributed by atoms with Gasteiger partial charge in [-0.25, -0.2) is 0 Å². The minimum atomic E-state index is -0.174. The van der Waals surface area contributed by atoms with Crippen molar-refractivity contribution in [3.05, 3.63) is 35.9 Å². The summed E-state index contributed by atoms with van der Waals surface area (Å²) in [5, 5.41) is 0. The van der Waals surface area contributed by atoms with Gasteiger partial charge < -0.3 is 4.90 Å². The van der Waals surface area contributed by atoms with Crippen LogP contribution in [0.2, 0.25) is 0 Å². The van der Waals surface area contributed by atoms with Gasteiger partial charge in [-0.2, -0.15) is 0 Å². The zero-order chi connectivity index (χ0) is 15.4. The van der Waals surface area contributed by atoms with Crippen LogP contribution in [0.15, 0.2) is 30.3 Å². The van der Waals surface area contributed by atoms with Gasteiger partial charge in [-0.05, 0) is 49.6 Å². The van der Waals surface area contributed by atoms with Crippen molar-refractivity contribution in [3.63, 3.8) is 0 Å². The maximum Gasteiger partial charge on any atom is 0.233 e. The number of piperidine rings is 1. The van der Waals surface area contributed by atoms with Crippen molar-refractivity contribution < 1.29 is 4.79 Å². The zero-order valence-corrected chi connectivity index (χ0v) is 13.8. The van der Waals surface area contributed by atoms with E-state index >= 15 is 0 Å². The first kappa shape index (κ1) is 14.0. The third-order valence-electron chi connectivity index (χ3n) is 6.89. The Morgan fingerprint density at radius 3 is 2.65 bits per heavy atom. The first-order valence-corrected chi connectivity index (χ1v) is 9.37. The quantitative estimate of drug-likeness (QED) is 0.838. The number of likely N-dealkylation sites (tertiary alicyclic amines) is 1. The van der Waals surface area contributed by atoms with Crippen molar-refractivity contribution in [3.8, 4) is 0 Å². The van der Waals surface area contributed by atoms with E-state index in [1.54, 1.807) is 0 Å². The topological polar surface area (TPSA) is 23.6 Å². The van der Waals surface area contributed by atoms with Gasteiger partial charge in [0.25, 0.3) is 0 Å². The molecule has 0 aromatic heterocycles. The predicted octanol–water partition coefficient (Wildman–Crippen LogP) is 2.66. The lowest BCUT2D eigenvalue weighted by molar-refractivity contribution is -0.133. The highest BCUT2D eigenvalue weighted by atomic mass is 16.2. The summed E-state index contributed by atoms with van der Waals surface area (Å²) in [7, 11) is 0. The minimum absolute atomic E-state index is 0.174. The summed E-state index contributed by atoms with van der Waals surface area (Å²) >= 11 is 0. The number of amides is 1. The number of carbonyl (C=O) groups is 1. The van der Waals surface area contributed by atoms with Crippen LogP contribution in [-0.4, -0.2) is 47.9 Å². The van der Waals surface area contributed by atoms with Crippen LogP contribution < -0.4 is 0 Å². The molecule has 1 saturated carbocycles. The van der Waals surface area contributed by atoms with Gasteiger partial charge in [-0.3, -0.25) is 9.69 Å². The van der Waals surface area contributed by atoms with E-state index in [2.05, 4.69) is 34.1 Å². The number of benzene rings is 1. The van der Waals surface area contributed by atoms with Gasteiger partial charge in [0.1, 0.15) is 0 Å². The fraction of sp³-hybridized carbons (Fsp3) is 0.650. The lowest BCUT2D eigenvalue weighted by atomic mass is 9.90. The van der Waals surface area contributed by atoms with Gasteiger partial charge in [-0.1, -0.05) is 36.8 Å². The Kier molecular flexibility index (Phi) is 3.09. The molecule has 5 rings (SSSR count). The molecule has 0 bridgehead atoms. The Morgan fingerprint density at radius 2 is 1.87 bits per heavy atom. The van der Waals surface area contributed by atoms with Gasteiger partial charge in [-0.15, -0.1) is 0 Å². The molecule has 1 aromatic rings. The Hall–Kier alpha value is -1.35. The van der Waals surface area contributed by atoms with Crippen LogP contribution in [0, 0.1) is 11.8 Å². The van der Waals surface area contributed by atoms with E-state index < -0.39 is 0 Å². The standard InChI is InChI=1S/C20H26N2O/c23-19(20(9-10-20)16-6-2-1-3-7-16)22-13-15-12-21-11-5-4-8-18(21)17(15)14-22/h1-3,6-7,15,17-18H,4-5,8-14H2/t15-,17+,18-/m0/s1. The second kappa shape index (κ2) is 5.07. The first-order valence-electron chi connectivity index (χ1n) is 9.37. The van der Waals surface area contributed by atoms with Crippen LogP contribution in [0.5, 0.6) is 0 Å². The van der Waals surface area contributed by atoms with Crippen LogP contribution in [-0.2, 0) is 10.2 Å². The molecule has 4 aliphatic rings. The SMILES string of the molecule is O=C(N1C[C@@H]2CN3CCCC[C@H]3[C@@H]2C1)C1(c2ccccc2)CC1. The molecule has 0 spiro atoms. The van der Waals surface area contributed by atoms with Crippen LogP contribution in [0.3, 0.4) is 0 Å². The summed E-state index contributed by atoms with van der Waals surface area (Å²) in [6.45, 7) is 4.54. The maximum atomic E-state index is 13.2. The Morgan fingerprint density at radius 1 is 1.04 bits per heavy atom. The van der Waals surface area contributed by atoms with Crippen LogP contribution in [0.4, 0.5) is 0 Å². The average Bonchev–Trinajstić information content (AvgIpc) is 3.19. The highest BCUT2D eigenvalue weighted by molar-refractivity contribution is 5.91. The number of hydrogen-bond acceptors (Lipinski definition) is 2. The van der Waals surface area contributed by atoms with Gasteiger partial charge in [0, 0.05) is 25.7 Å². The Labute approximate surface area is 138 Å². The van der Waals surface area contributed by atoms with Crippen molar-refractivity contribution in [2.75, 3.05) is 26.2 Å². The first-order chi connectivity index (χ1) is 11.3. The van der Waals surface area contributed by atoms with E-state index in [1.165, 1.54) is 37.9 Å². The third-order valence-corrected chi connectivity index (χ3v) is 6.89. The molecule has 3 aliphatic heterocycles. The lowest BCUT2D eigenvalue weighted by Gasteiger charge is -2.33. The van der Waals surface area contributed by atoms with E-state index in [9.17, 15) is 4.79 Å². The molecule has 3 nitrogen and oxygen atoms in total. The van der Waals surface area contributed by atoms with E-state index in [1.807, 2.05) is 6.07 Å². The molecule has 4 fully saturated rings. The average molecular weight is 310 g/mol. The Bertz CT molecular complexity index is 609. The molecule has 0 unspecified atom stereocenters. The molecule has 3 saturated heterocycles. The summed E-state index contributed by atoms with van der Waals surface area (Å²) < 4.78 is 0. The second-order valence-corrected chi connectivity index (χ2v) is 8.14. The fourth-order valence-electron chi connectivity index (χ4n) is 5.53. The molecule has 1 aliphatic carbocycles. The number of hydrogen-bond donors (Lipinski definition) is 0. The molecule has 1 aromatic carbocycles. The molecule has 23 heavy (non-hydrogen) atoms. The molecule has 122 valence electrons. The summed E-state index contributed by atoms with van der Waals surface area (Å²) in [5.41, 5.74) is 1.06. The zero-order valence-electron chi connectivity index (χ0n) is 13.8. The van der Waals surface area contributed by atoms with E-state index in [0.717, 1.165) is 43.8 Å². The smallest absolute Gasteiger partial charge is 0.233 e. The van der Waals surface area contributed by atoms with Crippen molar-refractivity contribution in [1.82, 2.24) is 9.80 Å². The van der Waals surface area contributed by atoms with Crippen molar-refractivity contribution >= 4 is 5.91 Å². The molecule has 0 N–H and O–H groups in total. The monoisotopic (exact) mass is 310 g/mol. The molecular weight excluding hydrogens is 284 g/mol. The third kappa shape index (κ3) is 2.09. The largest absolute Gasteiger partial charge is 0.341 e. The molecule has 0 radical (unpaired) electrons. The van der Waals surface area contributed by atoms with E-state index in [0.29, 0.717) is 5.91 Å². The van der Waals surface area contributed by atoms with Crippen LogP contribution in [0.1, 0.15) is 37.7 Å². The number of nitrogens with zero attached hydrogens (tertiary/aromatic N) is 2. The highest BCUT2D eigenvalue weighted by Crippen LogP contribution is 2.51. The fourth-order valence-corrected chi connectivity index (χ4v) is 5.53. The summed E-state index contributed by atoms with van der Waals surface area (Å²) in [6, 6.07) is 11.2. The second-order valence-electron chi connectivity index (χ2n) is 8.14. The van der Waals surface area contributed by atoms with Gasteiger partial charge in [0.2, 0.25) is 5.91 Å². The molecule has 3 heterocycles. The molecular formula is C20H26N2O. The van der Waals surface area contributed by atoms with E-state index in [4.69, 9.17) is 0 Å². The number of rotatable bonds is 2. The van der Waals surface area contributed by atoms with Crippen LogP contribution >= 0.6 is 0 Å². The van der Waals surface area contributed by atoms with Crippen molar-refractivity contribution in [2.24, 2.45) is 11.8 Å². The summed E-state index contributed by atoms with van der Waals surface area (Å²) in [6.07, 6.45) is 6.18. The minimum Gasteiger partial charge on any atom is -0.341 e. The van der Waals surface area contributed by atoms with Gasteiger partial charge in [0.05, 0.1) is 5.41 Å². The number of carbonyl (C=O) groups excluding carboxylic acids is 1. The number of fused-ring (bicyclic) bond motifs is 3. The maximum absolute atomic E-state index is 13.2. The summed E-state index contributed by atoms with van der Waals surface area (Å²) in [5.74, 6) is 1.89. The molecule has 1 amide bonds. The van der Waals surface area contributed by atoms with E-state index in [-0.39, 0.29) is 5.41 Å².